The second-order valence-electron chi connectivity index (χ2n) is 5.69. The maximum Gasteiger partial charge on any atom is 0.249 e. The van der Waals surface area contributed by atoms with Gasteiger partial charge in [-0.05, 0) is 30.2 Å². The van der Waals surface area contributed by atoms with Crippen molar-refractivity contribution in [3.8, 4) is 17.2 Å². The van der Waals surface area contributed by atoms with E-state index in [1.807, 2.05) is 30.3 Å². The second-order valence-corrected chi connectivity index (χ2v) is 5.69. The predicted molar refractivity (Wildman–Crippen MR) is 98.6 cm³/mol. The number of rotatable bonds is 9. The highest BCUT2D eigenvalue weighted by molar-refractivity contribution is 5.80. The van der Waals surface area contributed by atoms with Gasteiger partial charge in [0.1, 0.15) is 6.10 Å². The summed E-state index contributed by atoms with van der Waals surface area (Å²) < 4.78 is 21.6. The van der Waals surface area contributed by atoms with Gasteiger partial charge in [0, 0.05) is 6.54 Å². The molecule has 0 aliphatic rings. The van der Waals surface area contributed by atoms with Gasteiger partial charge in [-0.1, -0.05) is 30.3 Å². The first-order chi connectivity index (χ1) is 12.6. The molecule has 0 aromatic heterocycles. The lowest BCUT2D eigenvalue weighted by molar-refractivity contribution is -0.132. The molecule has 0 spiro atoms. The third kappa shape index (κ3) is 5.13. The number of hydrogen-bond acceptors (Lipinski definition) is 5. The Morgan fingerprint density at radius 2 is 1.58 bits per heavy atom. The number of carbonyl (C=O) groups excluding carboxylic acids is 1. The fraction of sp³-hybridized carbons (Fsp3) is 0.350. The Bertz CT molecular complexity index is 692. The summed E-state index contributed by atoms with van der Waals surface area (Å²) in [7, 11) is 4.66. The summed E-state index contributed by atoms with van der Waals surface area (Å²) >= 11 is 0. The van der Waals surface area contributed by atoms with Crippen molar-refractivity contribution in [2.45, 2.75) is 26.2 Å². The molecular weight excluding hydrogens is 334 g/mol. The molecule has 1 amide bonds. The number of amides is 1. The molecule has 0 fully saturated rings. The predicted octanol–water partition coefficient (Wildman–Crippen LogP) is 2.93. The smallest absolute Gasteiger partial charge is 0.249 e. The lowest BCUT2D eigenvalue weighted by Crippen LogP contribution is -2.34. The van der Waals surface area contributed by atoms with Gasteiger partial charge in [-0.25, -0.2) is 0 Å². The molecular formula is C20H25NO5. The summed E-state index contributed by atoms with van der Waals surface area (Å²) in [4.78, 5) is 12.2. The lowest BCUT2D eigenvalue weighted by Gasteiger charge is -2.16. The largest absolute Gasteiger partial charge is 0.493 e. The number of benzene rings is 2. The number of methoxy groups -OCH3 is 3. The first kappa shape index (κ1) is 19.6. The van der Waals surface area contributed by atoms with Crippen LogP contribution in [0, 0.1) is 0 Å². The Kier molecular flexibility index (Phi) is 7.29. The maximum atomic E-state index is 12.2. The van der Waals surface area contributed by atoms with Crippen molar-refractivity contribution in [1.29, 1.82) is 0 Å². The van der Waals surface area contributed by atoms with Crippen molar-refractivity contribution in [1.82, 2.24) is 5.32 Å². The Morgan fingerprint density at radius 1 is 0.962 bits per heavy atom. The Labute approximate surface area is 154 Å². The summed E-state index contributed by atoms with van der Waals surface area (Å²) in [6, 6.07) is 13.3. The molecule has 2 aromatic rings. The van der Waals surface area contributed by atoms with Crippen LogP contribution in [0.4, 0.5) is 0 Å². The lowest BCUT2D eigenvalue weighted by atomic mass is 10.1. The first-order valence-electron chi connectivity index (χ1n) is 8.31. The summed E-state index contributed by atoms with van der Waals surface area (Å²) in [5, 5.41) is 2.86. The van der Waals surface area contributed by atoms with E-state index in [-0.39, 0.29) is 5.91 Å². The van der Waals surface area contributed by atoms with Gasteiger partial charge in [-0.15, -0.1) is 0 Å². The van der Waals surface area contributed by atoms with E-state index in [1.165, 1.54) is 0 Å². The fourth-order valence-corrected chi connectivity index (χ4v) is 2.44. The van der Waals surface area contributed by atoms with Crippen LogP contribution in [0.3, 0.4) is 0 Å². The Hall–Kier alpha value is -2.73. The van der Waals surface area contributed by atoms with Crippen molar-refractivity contribution >= 4 is 5.91 Å². The molecule has 1 N–H and O–H groups in total. The maximum absolute atomic E-state index is 12.2. The van der Waals surface area contributed by atoms with Gasteiger partial charge in [-0.2, -0.15) is 0 Å². The number of carbonyl (C=O) groups is 1. The molecule has 0 aliphatic carbocycles. The minimum absolute atomic E-state index is 0.185. The van der Waals surface area contributed by atoms with Crippen LogP contribution in [-0.2, 0) is 22.7 Å². The van der Waals surface area contributed by atoms with E-state index in [0.717, 1.165) is 11.1 Å². The standard InChI is InChI=1S/C20H25NO5/c1-14(26-13-15-8-6-5-7-9-15)20(22)21-12-16-10-17(23-2)19(25-4)18(11-16)24-3/h5-11,14H,12-13H2,1-4H3,(H,21,22). The third-order valence-electron chi connectivity index (χ3n) is 3.90. The minimum atomic E-state index is -0.558. The van der Waals surface area contributed by atoms with Crippen LogP contribution in [0.25, 0.3) is 0 Å². The first-order valence-corrected chi connectivity index (χ1v) is 8.31. The molecule has 140 valence electrons. The zero-order valence-electron chi connectivity index (χ0n) is 15.6. The zero-order valence-corrected chi connectivity index (χ0v) is 15.6. The highest BCUT2D eigenvalue weighted by atomic mass is 16.5. The van der Waals surface area contributed by atoms with Gasteiger partial charge in [0.15, 0.2) is 11.5 Å². The molecule has 26 heavy (non-hydrogen) atoms. The summed E-state index contributed by atoms with van der Waals surface area (Å²) in [6.07, 6.45) is -0.558. The fourth-order valence-electron chi connectivity index (χ4n) is 2.44. The van der Waals surface area contributed by atoms with Crippen LogP contribution in [0.15, 0.2) is 42.5 Å². The molecule has 6 heteroatoms. The molecule has 0 saturated carbocycles. The van der Waals surface area contributed by atoms with E-state index in [0.29, 0.717) is 30.4 Å². The van der Waals surface area contributed by atoms with Crippen LogP contribution in [-0.4, -0.2) is 33.3 Å². The van der Waals surface area contributed by atoms with Gasteiger partial charge in [0.25, 0.3) is 0 Å². The minimum Gasteiger partial charge on any atom is -0.493 e. The van der Waals surface area contributed by atoms with Gasteiger partial charge in [0.05, 0.1) is 27.9 Å². The molecule has 0 aliphatic heterocycles. The van der Waals surface area contributed by atoms with Crippen LogP contribution < -0.4 is 19.5 Å². The van der Waals surface area contributed by atoms with Gasteiger partial charge >= 0.3 is 0 Å². The van der Waals surface area contributed by atoms with E-state index in [2.05, 4.69) is 5.32 Å². The summed E-state index contributed by atoms with van der Waals surface area (Å²) in [6.45, 7) is 2.45. The Balaban J connectivity index is 1.93. The van der Waals surface area contributed by atoms with E-state index in [4.69, 9.17) is 18.9 Å². The van der Waals surface area contributed by atoms with Crippen LogP contribution in [0.1, 0.15) is 18.1 Å². The zero-order chi connectivity index (χ0) is 18.9. The van der Waals surface area contributed by atoms with Crippen LogP contribution in [0.2, 0.25) is 0 Å². The molecule has 2 aromatic carbocycles. The molecule has 1 atom stereocenters. The molecule has 0 saturated heterocycles. The third-order valence-corrected chi connectivity index (χ3v) is 3.90. The normalized spacial score (nSPS) is 11.5. The number of ether oxygens (including phenoxy) is 4. The van der Waals surface area contributed by atoms with Crippen LogP contribution in [0.5, 0.6) is 17.2 Å². The quantitative estimate of drug-likeness (QED) is 0.746. The van der Waals surface area contributed by atoms with Crippen molar-refractivity contribution in [3.05, 3.63) is 53.6 Å². The topological polar surface area (TPSA) is 66.0 Å². The molecule has 2 rings (SSSR count). The van der Waals surface area contributed by atoms with Crippen molar-refractivity contribution in [2.75, 3.05) is 21.3 Å². The highest BCUT2D eigenvalue weighted by Crippen LogP contribution is 2.38. The highest BCUT2D eigenvalue weighted by Gasteiger charge is 2.16. The number of nitrogens with one attached hydrogen (secondary N) is 1. The summed E-state index contributed by atoms with van der Waals surface area (Å²) in [5.41, 5.74) is 1.86. The molecule has 1 unspecified atom stereocenters. The molecule has 0 radical (unpaired) electrons. The molecule has 0 heterocycles. The monoisotopic (exact) mass is 359 g/mol. The van der Waals surface area contributed by atoms with Gasteiger partial charge in [0.2, 0.25) is 11.7 Å². The molecule has 6 nitrogen and oxygen atoms in total. The average Bonchev–Trinajstić information content (AvgIpc) is 2.69. The van der Waals surface area contributed by atoms with E-state index < -0.39 is 6.10 Å². The average molecular weight is 359 g/mol. The van der Waals surface area contributed by atoms with Gasteiger partial charge < -0.3 is 24.3 Å². The van der Waals surface area contributed by atoms with Gasteiger partial charge in [-0.3, -0.25) is 4.79 Å². The summed E-state index contributed by atoms with van der Waals surface area (Å²) in [5.74, 6) is 1.42. The SMILES string of the molecule is COc1cc(CNC(=O)C(C)OCc2ccccc2)cc(OC)c1OC. The number of hydrogen-bond donors (Lipinski definition) is 1. The second kappa shape index (κ2) is 9.68. The van der Waals surface area contributed by atoms with E-state index in [9.17, 15) is 4.79 Å². The van der Waals surface area contributed by atoms with Crippen LogP contribution >= 0.6 is 0 Å². The van der Waals surface area contributed by atoms with Crippen molar-refractivity contribution in [2.24, 2.45) is 0 Å². The Morgan fingerprint density at radius 3 is 2.12 bits per heavy atom. The molecule has 0 bridgehead atoms. The van der Waals surface area contributed by atoms with E-state index in [1.54, 1.807) is 40.4 Å². The van der Waals surface area contributed by atoms with E-state index >= 15 is 0 Å². The van der Waals surface area contributed by atoms with Crippen molar-refractivity contribution in [3.63, 3.8) is 0 Å². The van der Waals surface area contributed by atoms with Crippen molar-refractivity contribution < 1.29 is 23.7 Å².